The minimum Gasteiger partial charge on any atom is -0.493 e. The van der Waals surface area contributed by atoms with Crippen LogP contribution in [-0.4, -0.2) is 30.9 Å². The molecule has 6 heteroatoms. The maximum Gasteiger partial charge on any atom is 0.315 e. The van der Waals surface area contributed by atoms with Gasteiger partial charge in [-0.3, -0.25) is 0 Å². The Bertz CT molecular complexity index is 549. The van der Waals surface area contributed by atoms with Crippen molar-refractivity contribution in [3.63, 3.8) is 0 Å². The van der Waals surface area contributed by atoms with Gasteiger partial charge in [0, 0.05) is 24.8 Å². The normalized spacial score (nSPS) is 17.7. The smallest absolute Gasteiger partial charge is 0.315 e. The number of carbonyl (C=O) groups is 1. The van der Waals surface area contributed by atoms with Crippen molar-refractivity contribution in [1.29, 1.82) is 0 Å². The molecule has 0 saturated heterocycles. The van der Waals surface area contributed by atoms with Crippen LogP contribution in [-0.2, 0) is 0 Å². The van der Waals surface area contributed by atoms with Gasteiger partial charge in [-0.05, 0) is 30.7 Å². The molecule has 0 radical (unpaired) electrons. The Kier molecular flexibility index (Phi) is 5.82. The van der Waals surface area contributed by atoms with E-state index in [4.69, 9.17) is 9.84 Å². The van der Waals surface area contributed by atoms with E-state index in [1.807, 2.05) is 13.8 Å². The van der Waals surface area contributed by atoms with Gasteiger partial charge in [0.2, 0.25) is 0 Å². The fraction of sp³-hybridized carbons (Fsp3) is 0.588. The van der Waals surface area contributed by atoms with Crippen molar-refractivity contribution < 1.29 is 19.0 Å². The minimum absolute atomic E-state index is 0.0925. The van der Waals surface area contributed by atoms with Crippen molar-refractivity contribution in [2.24, 2.45) is 5.41 Å². The third-order valence-corrected chi connectivity index (χ3v) is 4.07. The van der Waals surface area contributed by atoms with Gasteiger partial charge in [0.1, 0.15) is 11.6 Å². The van der Waals surface area contributed by atoms with E-state index in [1.54, 1.807) is 6.07 Å². The first-order chi connectivity index (χ1) is 10.9. The van der Waals surface area contributed by atoms with E-state index in [2.05, 4.69) is 10.6 Å². The number of rotatable bonds is 5. The van der Waals surface area contributed by atoms with E-state index in [0.29, 0.717) is 25.3 Å². The quantitative estimate of drug-likeness (QED) is 0.780. The monoisotopic (exact) mass is 324 g/mol. The van der Waals surface area contributed by atoms with Crippen LogP contribution in [0.2, 0.25) is 0 Å². The Morgan fingerprint density at radius 3 is 3.00 bits per heavy atom. The molecule has 0 saturated carbocycles. The van der Waals surface area contributed by atoms with Crippen LogP contribution in [0, 0.1) is 11.2 Å². The highest BCUT2D eigenvalue weighted by Crippen LogP contribution is 2.32. The predicted molar refractivity (Wildman–Crippen MR) is 85.9 cm³/mol. The number of carbonyl (C=O) groups excluding carboxylic acids is 1. The lowest BCUT2D eigenvalue weighted by Crippen LogP contribution is -2.42. The van der Waals surface area contributed by atoms with Crippen LogP contribution < -0.4 is 15.4 Å². The topological polar surface area (TPSA) is 70.6 Å². The second-order valence-electron chi connectivity index (χ2n) is 6.69. The SMILES string of the molecule is CC(C)(CCO)CNC(=O)NC1CCCOc2cc(F)ccc21. The number of aliphatic hydroxyl groups excluding tert-OH is 1. The molecule has 1 aliphatic heterocycles. The van der Waals surface area contributed by atoms with Gasteiger partial charge in [0.05, 0.1) is 12.6 Å². The van der Waals surface area contributed by atoms with Crippen LogP contribution in [0.3, 0.4) is 0 Å². The van der Waals surface area contributed by atoms with Crippen LogP contribution >= 0.6 is 0 Å². The molecule has 2 rings (SSSR count). The van der Waals surface area contributed by atoms with Crippen LogP contribution in [0.1, 0.15) is 44.7 Å². The molecule has 0 spiro atoms. The molecule has 23 heavy (non-hydrogen) atoms. The minimum atomic E-state index is -0.348. The number of nitrogens with one attached hydrogen (secondary N) is 2. The summed E-state index contributed by atoms with van der Waals surface area (Å²) in [5, 5.41) is 14.8. The summed E-state index contributed by atoms with van der Waals surface area (Å²) in [5.74, 6) is 0.146. The van der Waals surface area contributed by atoms with Gasteiger partial charge < -0.3 is 20.5 Å². The third-order valence-electron chi connectivity index (χ3n) is 4.07. The number of fused-ring (bicyclic) bond motifs is 1. The van der Waals surface area contributed by atoms with Gasteiger partial charge in [0.25, 0.3) is 0 Å². The lowest BCUT2D eigenvalue weighted by atomic mass is 9.90. The lowest BCUT2D eigenvalue weighted by Gasteiger charge is -2.25. The summed E-state index contributed by atoms with van der Waals surface area (Å²) in [5.41, 5.74) is 0.633. The van der Waals surface area contributed by atoms with E-state index < -0.39 is 0 Å². The number of amides is 2. The van der Waals surface area contributed by atoms with Crippen LogP contribution in [0.5, 0.6) is 5.75 Å². The summed E-state index contributed by atoms with van der Waals surface area (Å²) in [4.78, 5) is 12.2. The molecule has 0 aliphatic carbocycles. The van der Waals surface area contributed by atoms with Crippen LogP contribution in [0.15, 0.2) is 18.2 Å². The molecule has 0 aromatic heterocycles. The zero-order valence-corrected chi connectivity index (χ0v) is 13.7. The van der Waals surface area contributed by atoms with Crippen molar-refractivity contribution >= 4 is 6.03 Å². The first-order valence-corrected chi connectivity index (χ1v) is 7.99. The number of urea groups is 1. The third kappa shape index (κ3) is 5.10. The molecule has 1 aromatic carbocycles. The second-order valence-corrected chi connectivity index (χ2v) is 6.69. The molecular formula is C17H25FN2O3. The zero-order chi connectivity index (χ0) is 16.9. The van der Waals surface area contributed by atoms with Crippen LogP contribution in [0.25, 0.3) is 0 Å². The highest BCUT2D eigenvalue weighted by atomic mass is 19.1. The van der Waals surface area contributed by atoms with E-state index in [9.17, 15) is 9.18 Å². The van der Waals surface area contributed by atoms with Crippen molar-refractivity contribution in [2.45, 2.75) is 39.2 Å². The largest absolute Gasteiger partial charge is 0.493 e. The van der Waals surface area contributed by atoms with Crippen molar-refractivity contribution in [1.82, 2.24) is 10.6 Å². The van der Waals surface area contributed by atoms with Gasteiger partial charge in [0.15, 0.2) is 0 Å². The van der Waals surface area contributed by atoms with Crippen molar-refractivity contribution in [2.75, 3.05) is 19.8 Å². The highest BCUT2D eigenvalue weighted by Gasteiger charge is 2.23. The molecule has 0 fully saturated rings. The zero-order valence-electron chi connectivity index (χ0n) is 13.7. The first-order valence-electron chi connectivity index (χ1n) is 7.99. The molecular weight excluding hydrogens is 299 g/mol. The Balaban J connectivity index is 1.98. The fourth-order valence-corrected chi connectivity index (χ4v) is 2.62. The number of halogens is 1. The van der Waals surface area contributed by atoms with Gasteiger partial charge in [-0.1, -0.05) is 19.9 Å². The first kappa shape index (κ1) is 17.5. The van der Waals surface area contributed by atoms with Gasteiger partial charge >= 0.3 is 6.03 Å². The fourth-order valence-electron chi connectivity index (χ4n) is 2.62. The molecule has 3 N–H and O–H groups in total. The summed E-state index contributed by atoms with van der Waals surface area (Å²) in [6, 6.07) is 3.94. The molecule has 0 bridgehead atoms. The van der Waals surface area contributed by atoms with E-state index in [1.165, 1.54) is 12.1 Å². The van der Waals surface area contributed by atoms with Crippen molar-refractivity contribution in [3.8, 4) is 5.75 Å². The summed E-state index contributed by atoms with van der Waals surface area (Å²) < 4.78 is 18.9. The van der Waals surface area contributed by atoms with Crippen molar-refractivity contribution in [3.05, 3.63) is 29.6 Å². The maximum absolute atomic E-state index is 13.3. The number of ether oxygens (including phenoxy) is 1. The molecule has 1 aromatic rings. The Labute approximate surface area is 136 Å². The summed E-state index contributed by atoms with van der Waals surface area (Å²) >= 11 is 0. The highest BCUT2D eigenvalue weighted by molar-refractivity contribution is 5.74. The summed E-state index contributed by atoms with van der Waals surface area (Å²) in [6.07, 6.45) is 2.15. The predicted octanol–water partition coefficient (Wildman–Crippen LogP) is 2.75. The molecule has 5 nitrogen and oxygen atoms in total. The Morgan fingerprint density at radius 1 is 1.48 bits per heavy atom. The number of hydrogen-bond donors (Lipinski definition) is 3. The average molecular weight is 324 g/mol. The molecule has 2 amide bonds. The second kappa shape index (κ2) is 7.64. The standard InChI is InChI=1S/C17H25FN2O3/c1-17(2,7-8-21)11-19-16(22)20-14-4-3-9-23-15-10-12(18)5-6-13(14)15/h5-6,10,14,21H,3-4,7-9,11H2,1-2H3,(H2,19,20,22). The number of hydrogen-bond acceptors (Lipinski definition) is 3. The Morgan fingerprint density at radius 2 is 2.26 bits per heavy atom. The summed E-state index contributed by atoms with van der Waals surface area (Å²) in [6.45, 7) is 5.05. The molecule has 1 heterocycles. The Hall–Kier alpha value is -1.82. The van der Waals surface area contributed by atoms with E-state index in [0.717, 1.165) is 18.4 Å². The molecule has 1 unspecified atom stereocenters. The number of aliphatic hydroxyl groups is 1. The average Bonchev–Trinajstić information content (AvgIpc) is 2.67. The van der Waals surface area contributed by atoms with Gasteiger partial charge in [-0.2, -0.15) is 0 Å². The van der Waals surface area contributed by atoms with Crippen LogP contribution in [0.4, 0.5) is 9.18 Å². The van der Waals surface area contributed by atoms with Gasteiger partial charge in [-0.15, -0.1) is 0 Å². The maximum atomic E-state index is 13.3. The number of benzene rings is 1. The molecule has 128 valence electrons. The lowest BCUT2D eigenvalue weighted by molar-refractivity contribution is 0.200. The van der Waals surface area contributed by atoms with Gasteiger partial charge in [-0.25, -0.2) is 9.18 Å². The molecule has 1 aliphatic rings. The summed E-state index contributed by atoms with van der Waals surface area (Å²) in [7, 11) is 0. The van der Waals surface area contributed by atoms with E-state index >= 15 is 0 Å². The molecule has 1 atom stereocenters. The van der Waals surface area contributed by atoms with E-state index in [-0.39, 0.29) is 29.9 Å².